The normalized spacial score (nSPS) is 14.8. The molecular formula is C19H19BrN2O3. The Kier molecular flexibility index (Phi) is 5.08. The van der Waals surface area contributed by atoms with E-state index in [-0.39, 0.29) is 18.1 Å². The second kappa shape index (κ2) is 7.27. The Morgan fingerprint density at radius 1 is 1.32 bits per heavy atom. The van der Waals surface area contributed by atoms with E-state index >= 15 is 0 Å². The van der Waals surface area contributed by atoms with Gasteiger partial charge in [-0.3, -0.25) is 4.79 Å². The number of fused-ring (bicyclic) bond motifs is 1. The van der Waals surface area contributed by atoms with Gasteiger partial charge in [0.05, 0.1) is 6.21 Å². The van der Waals surface area contributed by atoms with Gasteiger partial charge in [0.25, 0.3) is 5.91 Å². The first-order valence-electron chi connectivity index (χ1n) is 7.94. The minimum Gasteiger partial charge on any atom is -0.483 e. The average molecular weight is 403 g/mol. The first-order chi connectivity index (χ1) is 11.9. The zero-order chi connectivity index (χ0) is 17.9. The van der Waals surface area contributed by atoms with E-state index in [1.165, 1.54) is 0 Å². The summed E-state index contributed by atoms with van der Waals surface area (Å²) >= 11 is 3.37. The molecule has 0 aromatic heterocycles. The third-order valence-corrected chi connectivity index (χ3v) is 4.22. The Bertz CT molecular complexity index is 801. The molecule has 1 aliphatic rings. The van der Waals surface area contributed by atoms with Crippen LogP contribution in [0.2, 0.25) is 0 Å². The Labute approximate surface area is 155 Å². The first kappa shape index (κ1) is 17.5. The quantitative estimate of drug-likeness (QED) is 0.612. The SMILES string of the molecule is CC1(C)Cc2cccc(OCC(=O)NN=Cc3ccc(Br)cc3)c2O1. The van der Waals surface area contributed by atoms with E-state index in [2.05, 4.69) is 26.5 Å². The molecule has 130 valence electrons. The van der Waals surface area contributed by atoms with Gasteiger partial charge in [0.1, 0.15) is 5.60 Å². The lowest BCUT2D eigenvalue weighted by Crippen LogP contribution is -2.26. The number of hydrogen-bond donors (Lipinski definition) is 1. The number of nitrogens with zero attached hydrogens (tertiary/aromatic N) is 1. The van der Waals surface area contributed by atoms with Crippen molar-refractivity contribution in [1.82, 2.24) is 5.43 Å². The van der Waals surface area contributed by atoms with Gasteiger partial charge in [-0.25, -0.2) is 5.43 Å². The molecule has 0 spiro atoms. The predicted molar refractivity (Wildman–Crippen MR) is 100 cm³/mol. The molecule has 5 nitrogen and oxygen atoms in total. The topological polar surface area (TPSA) is 59.9 Å². The number of carbonyl (C=O) groups is 1. The van der Waals surface area contributed by atoms with Crippen molar-refractivity contribution < 1.29 is 14.3 Å². The Hall–Kier alpha value is -2.34. The molecular weight excluding hydrogens is 384 g/mol. The number of nitrogens with one attached hydrogen (secondary N) is 1. The van der Waals surface area contributed by atoms with Gasteiger partial charge in [-0.1, -0.05) is 40.2 Å². The highest BCUT2D eigenvalue weighted by Crippen LogP contribution is 2.41. The number of amides is 1. The highest BCUT2D eigenvalue weighted by molar-refractivity contribution is 9.10. The Morgan fingerprint density at radius 3 is 2.84 bits per heavy atom. The van der Waals surface area contributed by atoms with Crippen molar-refractivity contribution in [2.75, 3.05) is 6.61 Å². The van der Waals surface area contributed by atoms with Crippen LogP contribution in [0.4, 0.5) is 0 Å². The van der Waals surface area contributed by atoms with Crippen molar-refractivity contribution in [3.63, 3.8) is 0 Å². The van der Waals surface area contributed by atoms with Gasteiger partial charge >= 0.3 is 0 Å². The predicted octanol–water partition coefficient (Wildman–Crippen LogP) is 3.69. The van der Waals surface area contributed by atoms with Crippen LogP contribution < -0.4 is 14.9 Å². The van der Waals surface area contributed by atoms with Gasteiger partial charge in [-0.2, -0.15) is 5.10 Å². The summed E-state index contributed by atoms with van der Waals surface area (Å²) in [4.78, 5) is 11.9. The molecule has 1 heterocycles. The highest BCUT2D eigenvalue weighted by atomic mass is 79.9. The molecule has 0 unspecified atom stereocenters. The van der Waals surface area contributed by atoms with Crippen LogP contribution in [0.1, 0.15) is 25.0 Å². The number of hydrazone groups is 1. The van der Waals surface area contributed by atoms with Crippen LogP contribution in [0.5, 0.6) is 11.5 Å². The molecule has 0 fully saturated rings. The van der Waals surface area contributed by atoms with Crippen LogP contribution in [-0.2, 0) is 11.2 Å². The smallest absolute Gasteiger partial charge is 0.277 e. The lowest BCUT2D eigenvalue weighted by Gasteiger charge is -2.18. The number of benzene rings is 2. The maximum absolute atomic E-state index is 11.9. The average Bonchev–Trinajstić information content (AvgIpc) is 2.89. The van der Waals surface area contributed by atoms with E-state index in [0.717, 1.165) is 27.8 Å². The molecule has 2 aromatic carbocycles. The summed E-state index contributed by atoms with van der Waals surface area (Å²) < 4.78 is 12.5. The molecule has 6 heteroatoms. The van der Waals surface area contributed by atoms with Crippen molar-refractivity contribution in [2.45, 2.75) is 25.9 Å². The van der Waals surface area contributed by atoms with Crippen molar-refractivity contribution in [2.24, 2.45) is 5.10 Å². The molecule has 1 N–H and O–H groups in total. The second-order valence-electron chi connectivity index (χ2n) is 6.42. The van der Waals surface area contributed by atoms with Crippen LogP contribution in [0, 0.1) is 0 Å². The summed E-state index contributed by atoms with van der Waals surface area (Å²) in [5.74, 6) is 0.969. The number of para-hydroxylation sites is 1. The zero-order valence-electron chi connectivity index (χ0n) is 14.1. The lowest BCUT2D eigenvalue weighted by molar-refractivity contribution is -0.123. The van der Waals surface area contributed by atoms with Crippen molar-refractivity contribution in [3.8, 4) is 11.5 Å². The molecule has 0 bridgehead atoms. The van der Waals surface area contributed by atoms with E-state index in [1.807, 2.05) is 50.2 Å². The molecule has 2 aromatic rings. The fraction of sp³-hybridized carbons (Fsp3) is 0.263. The third kappa shape index (κ3) is 4.60. The molecule has 0 atom stereocenters. The molecule has 0 radical (unpaired) electrons. The number of hydrogen-bond acceptors (Lipinski definition) is 4. The van der Waals surface area contributed by atoms with Crippen LogP contribution in [0.25, 0.3) is 0 Å². The molecule has 0 saturated heterocycles. The second-order valence-corrected chi connectivity index (χ2v) is 7.33. The largest absolute Gasteiger partial charge is 0.483 e. The fourth-order valence-electron chi connectivity index (χ4n) is 2.60. The zero-order valence-corrected chi connectivity index (χ0v) is 15.7. The maximum Gasteiger partial charge on any atom is 0.277 e. The van der Waals surface area contributed by atoms with E-state index in [0.29, 0.717) is 5.75 Å². The van der Waals surface area contributed by atoms with Crippen molar-refractivity contribution >= 4 is 28.1 Å². The molecule has 1 amide bonds. The minimum atomic E-state index is -0.330. The summed E-state index contributed by atoms with van der Waals surface area (Å²) in [7, 11) is 0. The molecule has 0 aliphatic carbocycles. The Balaban J connectivity index is 1.54. The van der Waals surface area contributed by atoms with Crippen LogP contribution in [0.15, 0.2) is 52.0 Å². The number of halogens is 1. The van der Waals surface area contributed by atoms with Crippen LogP contribution in [0.3, 0.4) is 0 Å². The van der Waals surface area contributed by atoms with Crippen molar-refractivity contribution in [3.05, 3.63) is 58.1 Å². The van der Waals surface area contributed by atoms with Gasteiger partial charge in [0.2, 0.25) is 0 Å². The molecule has 3 rings (SSSR count). The first-order valence-corrected chi connectivity index (χ1v) is 8.73. The fourth-order valence-corrected chi connectivity index (χ4v) is 2.87. The standard InChI is InChI=1S/C19H19BrN2O3/c1-19(2)10-14-4-3-5-16(18(14)25-19)24-12-17(23)22-21-11-13-6-8-15(20)9-7-13/h3-9,11H,10,12H2,1-2H3,(H,22,23). The monoisotopic (exact) mass is 402 g/mol. The number of ether oxygens (including phenoxy) is 2. The molecule has 0 saturated carbocycles. The van der Waals surface area contributed by atoms with Crippen LogP contribution in [-0.4, -0.2) is 24.3 Å². The highest BCUT2D eigenvalue weighted by Gasteiger charge is 2.32. The summed E-state index contributed by atoms with van der Waals surface area (Å²) in [5, 5.41) is 3.93. The summed E-state index contributed by atoms with van der Waals surface area (Å²) in [6.07, 6.45) is 2.40. The van der Waals surface area contributed by atoms with Gasteiger partial charge < -0.3 is 9.47 Å². The van der Waals surface area contributed by atoms with Crippen molar-refractivity contribution in [1.29, 1.82) is 0 Å². The third-order valence-electron chi connectivity index (χ3n) is 3.69. The Morgan fingerprint density at radius 2 is 2.08 bits per heavy atom. The van der Waals surface area contributed by atoms with E-state index in [1.54, 1.807) is 12.3 Å². The van der Waals surface area contributed by atoms with Gasteiger partial charge in [0, 0.05) is 16.5 Å². The summed E-state index contributed by atoms with van der Waals surface area (Å²) in [6.45, 7) is 3.93. The van der Waals surface area contributed by atoms with Gasteiger partial charge in [-0.15, -0.1) is 0 Å². The van der Waals surface area contributed by atoms with E-state index in [4.69, 9.17) is 9.47 Å². The number of rotatable bonds is 5. The summed E-state index contributed by atoms with van der Waals surface area (Å²) in [5.41, 5.74) is 4.19. The molecule has 1 aliphatic heterocycles. The van der Waals surface area contributed by atoms with E-state index < -0.39 is 0 Å². The van der Waals surface area contributed by atoms with Gasteiger partial charge in [-0.05, 0) is 37.6 Å². The van der Waals surface area contributed by atoms with E-state index in [9.17, 15) is 4.79 Å². The molecule has 25 heavy (non-hydrogen) atoms. The summed E-state index contributed by atoms with van der Waals surface area (Å²) in [6, 6.07) is 13.3. The number of carbonyl (C=O) groups excluding carboxylic acids is 1. The van der Waals surface area contributed by atoms with Gasteiger partial charge in [0.15, 0.2) is 18.1 Å². The maximum atomic E-state index is 11.9. The lowest BCUT2D eigenvalue weighted by atomic mass is 10.0. The van der Waals surface area contributed by atoms with Crippen LogP contribution >= 0.6 is 15.9 Å². The minimum absolute atomic E-state index is 0.127.